The molecular weight excluding hydrogens is 246 g/mol. The lowest BCUT2D eigenvalue weighted by molar-refractivity contribution is -0.117. The molecule has 2 aliphatic rings. The molecule has 1 aliphatic heterocycles. The Morgan fingerprint density at radius 1 is 1.25 bits per heavy atom. The number of nitrogens with zero attached hydrogens (tertiary/aromatic N) is 1. The Kier molecular flexibility index (Phi) is 3.15. The smallest absolute Gasteiger partial charge is 0.224 e. The Labute approximate surface area is 122 Å². The lowest BCUT2D eigenvalue weighted by atomic mass is 9.60. The number of benzene rings is 1. The normalized spacial score (nSPS) is 31.4. The van der Waals surface area contributed by atoms with E-state index in [0.29, 0.717) is 12.0 Å². The molecule has 108 valence electrons. The van der Waals surface area contributed by atoms with E-state index >= 15 is 0 Å². The molecule has 0 aromatic heterocycles. The minimum absolute atomic E-state index is 0.160. The predicted molar refractivity (Wildman–Crippen MR) is 82.9 cm³/mol. The van der Waals surface area contributed by atoms with Gasteiger partial charge in [-0.1, -0.05) is 45.4 Å². The average molecular weight is 271 g/mol. The second-order valence-electron chi connectivity index (χ2n) is 7.22. The summed E-state index contributed by atoms with van der Waals surface area (Å²) in [7, 11) is 0. The zero-order valence-corrected chi connectivity index (χ0v) is 13.0. The van der Waals surface area contributed by atoms with E-state index in [1.807, 2.05) is 0 Å². The zero-order valence-electron chi connectivity index (χ0n) is 13.0. The number of anilines is 1. The maximum absolute atomic E-state index is 12.3. The summed E-state index contributed by atoms with van der Waals surface area (Å²) in [5.74, 6) is 1.49. The Balaban J connectivity index is 2.16. The summed E-state index contributed by atoms with van der Waals surface area (Å²) < 4.78 is 0. The minimum atomic E-state index is 0.160. The van der Waals surface area contributed by atoms with Crippen LogP contribution >= 0.6 is 0 Å². The first-order valence-corrected chi connectivity index (χ1v) is 7.82. The van der Waals surface area contributed by atoms with Crippen LogP contribution in [0.1, 0.15) is 52.5 Å². The number of rotatable bonds is 0. The maximum atomic E-state index is 12.3. The van der Waals surface area contributed by atoms with Crippen LogP contribution in [0.25, 0.3) is 0 Å². The van der Waals surface area contributed by atoms with Gasteiger partial charge < -0.3 is 4.90 Å². The molecule has 2 heteroatoms. The fraction of sp³-hybridized carbons (Fsp3) is 0.611. The van der Waals surface area contributed by atoms with Crippen molar-refractivity contribution in [2.75, 3.05) is 4.90 Å². The van der Waals surface area contributed by atoms with E-state index in [0.717, 1.165) is 18.0 Å². The summed E-state index contributed by atoms with van der Waals surface area (Å²) in [6.07, 6.45) is 3.66. The lowest BCUT2D eigenvalue weighted by Crippen LogP contribution is -2.56. The second kappa shape index (κ2) is 4.61. The summed E-state index contributed by atoms with van der Waals surface area (Å²) in [6.45, 7) is 8.75. The standard InChI is InChI=1S/C18H25NO/c1-12-9-10-15-17(11-12)19(13(2)20)16-8-6-5-7-14(16)18(15,3)4/h5-8,12,15,17H,9-11H2,1-4H3/t12-,15+,17+/m0/s1. The van der Waals surface area contributed by atoms with Crippen molar-refractivity contribution in [1.82, 2.24) is 0 Å². The van der Waals surface area contributed by atoms with E-state index in [1.165, 1.54) is 18.4 Å². The third kappa shape index (κ3) is 1.88. The van der Waals surface area contributed by atoms with E-state index in [-0.39, 0.29) is 11.3 Å². The molecule has 0 spiro atoms. The minimum Gasteiger partial charge on any atom is -0.309 e. The van der Waals surface area contributed by atoms with Gasteiger partial charge in [-0.05, 0) is 41.7 Å². The van der Waals surface area contributed by atoms with Crippen LogP contribution in [0.15, 0.2) is 24.3 Å². The van der Waals surface area contributed by atoms with Crippen molar-refractivity contribution in [3.05, 3.63) is 29.8 Å². The Morgan fingerprint density at radius 2 is 1.95 bits per heavy atom. The summed E-state index contributed by atoms with van der Waals surface area (Å²) in [5, 5.41) is 0. The van der Waals surface area contributed by atoms with Gasteiger partial charge in [-0.2, -0.15) is 0 Å². The number of fused-ring (bicyclic) bond motifs is 2. The molecule has 0 saturated heterocycles. The third-order valence-electron chi connectivity index (χ3n) is 5.53. The fourth-order valence-corrected chi connectivity index (χ4v) is 4.49. The van der Waals surface area contributed by atoms with Crippen molar-refractivity contribution in [1.29, 1.82) is 0 Å². The van der Waals surface area contributed by atoms with Crippen molar-refractivity contribution >= 4 is 11.6 Å². The Hall–Kier alpha value is -1.31. The highest BCUT2D eigenvalue weighted by Crippen LogP contribution is 2.51. The monoisotopic (exact) mass is 271 g/mol. The van der Waals surface area contributed by atoms with Crippen molar-refractivity contribution in [3.8, 4) is 0 Å². The van der Waals surface area contributed by atoms with Crippen LogP contribution in [0.3, 0.4) is 0 Å². The first-order valence-electron chi connectivity index (χ1n) is 7.82. The highest BCUT2D eigenvalue weighted by Gasteiger charge is 2.48. The molecule has 2 nitrogen and oxygen atoms in total. The first-order chi connectivity index (χ1) is 9.43. The molecule has 1 amide bonds. The highest BCUT2D eigenvalue weighted by molar-refractivity contribution is 5.94. The van der Waals surface area contributed by atoms with Crippen LogP contribution in [0.2, 0.25) is 0 Å². The largest absolute Gasteiger partial charge is 0.309 e. The number of carbonyl (C=O) groups excluding carboxylic acids is 1. The molecule has 0 N–H and O–H groups in total. The van der Waals surface area contributed by atoms with Gasteiger partial charge in [-0.25, -0.2) is 0 Å². The molecule has 1 saturated carbocycles. The second-order valence-corrected chi connectivity index (χ2v) is 7.22. The quantitative estimate of drug-likeness (QED) is 0.694. The fourth-order valence-electron chi connectivity index (χ4n) is 4.49. The van der Waals surface area contributed by atoms with Crippen LogP contribution in [0, 0.1) is 11.8 Å². The first kappa shape index (κ1) is 13.7. The SMILES string of the molecule is CC(=O)N1c2ccccc2C(C)(C)[C@@H]2CC[C@H](C)C[C@H]21. The van der Waals surface area contributed by atoms with E-state index < -0.39 is 0 Å². The molecule has 1 aliphatic carbocycles. The molecule has 0 unspecified atom stereocenters. The molecule has 0 radical (unpaired) electrons. The summed E-state index contributed by atoms with van der Waals surface area (Å²) in [5.41, 5.74) is 2.64. The van der Waals surface area contributed by atoms with Gasteiger partial charge in [0, 0.05) is 18.7 Å². The lowest BCUT2D eigenvalue weighted by Gasteiger charge is -2.53. The summed E-state index contributed by atoms with van der Waals surface area (Å²) in [6, 6.07) is 8.86. The topological polar surface area (TPSA) is 20.3 Å². The summed E-state index contributed by atoms with van der Waals surface area (Å²) in [4.78, 5) is 14.3. The highest BCUT2D eigenvalue weighted by atomic mass is 16.2. The van der Waals surface area contributed by atoms with E-state index in [1.54, 1.807) is 6.92 Å². The molecular formula is C18H25NO. The van der Waals surface area contributed by atoms with Crippen LogP contribution in [0.5, 0.6) is 0 Å². The average Bonchev–Trinajstić information content (AvgIpc) is 2.38. The van der Waals surface area contributed by atoms with Crippen LogP contribution in [-0.2, 0) is 10.2 Å². The predicted octanol–water partition coefficient (Wildman–Crippen LogP) is 4.14. The van der Waals surface area contributed by atoms with E-state index in [4.69, 9.17) is 0 Å². The number of carbonyl (C=O) groups is 1. The molecule has 0 bridgehead atoms. The molecule has 1 fully saturated rings. The van der Waals surface area contributed by atoms with Gasteiger partial charge in [-0.3, -0.25) is 4.79 Å². The molecule has 3 rings (SSSR count). The zero-order chi connectivity index (χ0) is 14.5. The Morgan fingerprint density at radius 3 is 2.65 bits per heavy atom. The summed E-state index contributed by atoms with van der Waals surface area (Å²) >= 11 is 0. The molecule has 20 heavy (non-hydrogen) atoms. The van der Waals surface area contributed by atoms with Crippen molar-refractivity contribution in [3.63, 3.8) is 0 Å². The molecule has 3 atom stereocenters. The van der Waals surface area contributed by atoms with Gasteiger partial charge >= 0.3 is 0 Å². The van der Waals surface area contributed by atoms with Gasteiger partial charge in [0.2, 0.25) is 5.91 Å². The van der Waals surface area contributed by atoms with E-state index in [9.17, 15) is 4.79 Å². The van der Waals surface area contributed by atoms with Crippen molar-refractivity contribution in [2.45, 2.75) is 58.4 Å². The van der Waals surface area contributed by atoms with Crippen LogP contribution in [0.4, 0.5) is 5.69 Å². The molecule has 1 aromatic rings. The number of hydrogen-bond acceptors (Lipinski definition) is 1. The van der Waals surface area contributed by atoms with Gasteiger partial charge in [0.25, 0.3) is 0 Å². The number of hydrogen-bond donors (Lipinski definition) is 0. The third-order valence-corrected chi connectivity index (χ3v) is 5.53. The molecule has 1 heterocycles. The van der Waals surface area contributed by atoms with Crippen LogP contribution < -0.4 is 4.90 Å². The van der Waals surface area contributed by atoms with Gasteiger partial charge in [-0.15, -0.1) is 0 Å². The molecule has 1 aromatic carbocycles. The maximum Gasteiger partial charge on any atom is 0.224 e. The van der Waals surface area contributed by atoms with Gasteiger partial charge in [0.15, 0.2) is 0 Å². The van der Waals surface area contributed by atoms with Gasteiger partial charge in [0.1, 0.15) is 0 Å². The van der Waals surface area contributed by atoms with E-state index in [2.05, 4.69) is 49.9 Å². The van der Waals surface area contributed by atoms with Crippen molar-refractivity contribution < 1.29 is 4.79 Å². The van der Waals surface area contributed by atoms with Crippen LogP contribution in [-0.4, -0.2) is 11.9 Å². The number of para-hydroxylation sites is 1. The van der Waals surface area contributed by atoms with Gasteiger partial charge in [0.05, 0.1) is 0 Å². The van der Waals surface area contributed by atoms with Crippen molar-refractivity contribution in [2.24, 2.45) is 11.8 Å². The Bertz CT molecular complexity index is 534. The number of amides is 1.